The predicted octanol–water partition coefficient (Wildman–Crippen LogP) is 3.08. The molecule has 1 heterocycles. The zero-order valence-electron chi connectivity index (χ0n) is 8.20. The van der Waals surface area contributed by atoms with Gasteiger partial charge in [-0.2, -0.15) is 0 Å². The van der Waals surface area contributed by atoms with Gasteiger partial charge in [0.2, 0.25) is 0 Å². The molecule has 0 radical (unpaired) electrons. The molecule has 0 aliphatic heterocycles. The van der Waals surface area contributed by atoms with Crippen molar-refractivity contribution in [1.29, 1.82) is 0 Å². The van der Waals surface area contributed by atoms with Crippen molar-refractivity contribution in [3.05, 3.63) is 34.1 Å². The van der Waals surface area contributed by atoms with Crippen LogP contribution in [0.15, 0.2) is 28.4 Å². The summed E-state index contributed by atoms with van der Waals surface area (Å²) in [6, 6.07) is 3.78. The molecule has 1 rings (SSSR count). The van der Waals surface area contributed by atoms with Gasteiger partial charge in [0.15, 0.2) is 0 Å². The van der Waals surface area contributed by atoms with E-state index in [0.29, 0.717) is 0 Å². The molecule has 0 aliphatic rings. The van der Waals surface area contributed by atoms with Gasteiger partial charge in [0.25, 0.3) is 0 Å². The van der Waals surface area contributed by atoms with Crippen LogP contribution in [0.3, 0.4) is 0 Å². The van der Waals surface area contributed by atoms with E-state index in [0.717, 1.165) is 22.0 Å². The highest BCUT2D eigenvalue weighted by Crippen LogP contribution is 2.13. The van der Waals surface area contributed by atoms with Gasteiger partial charge in [0.1, 0.15) is 6.29 Å². The van der Waals surface area contributed by atoms with Crippen LogP contribution in [0, 0.1) is 5.92 Å². The Balaban J connectivity index is 2.95. The molecule has 14 heavy (non-hydrogen) atoms. The minimum absolute atomic E-state index is 0.234. The largest absolute Gasteiger partial charge is 0.298 e. The van der Waals surface area contributed by atoms with Crippen molar-refractivity contribution in [3.8, 4) is 0 Å². The first-order chi connectivity index (χ1) is 6.63. The van der Waals surface area contributed by atoms with Crippen molar-refractivity contribution in [2.75, 3.05) is 0 Å². The van der Waals surface area contributed by atoms with Crippen LogP contribution in [0.2, 0.25) is 0 Å². The minimum Gasteiger partial charge on any atom is -0.298 e. The Morgan fingerprint density at radius 1 is 1.50 bits per heavy atom. The van der Waals surface area contributed by atoms with Crippen LogP contribution in [0.1, 0.15) is 19.5 Å². The van der Waals surface area contributed by atoms with Gasteiger partial charge in [0, 0.05) is 10.7 Å². The third kappa shape index (κ3) is 3.07. The van der Waals surface area contributed by atoms with Crippen LogP contribution in [-0.4, -0.2) is 11.3 Å². The molecule has 0 atom stereocenters. The Morgan fingerprint density at radius 3 is 2.64 bits per heavy atom. The average molecular weight is 254 g/mol. The number of carbonyl (C=O) groups is 1. The zero-order chi connectivity index (χ0) is 10.6. The lowest BCUT2D eigenvalue weighted by molar-refractivity contribution is -0.105. The van der Waals surface area contributed by atoms with Crippen LogP contribution in [0.4, 0.5) is 0 Å². The molecule has 0 N–H and O–H groups in total. The lowest BCUT2D eigenvalue weighted by atomic mass is 10.0. The molecule has 1 aromatic rings. The number of hydrogen-bond acceptors (Lipinski definition) is 2. The number of aromatic nitrogens is 1. The molecule has 74 valence electrons. The Labute approximate surface area is 92.2 Å². The van der Waals surface area contributed by atoms with Crippen molar-refractivity contribution in [2.24, 2.45) is 5.92 Å². The van der Waals surface area contributed by atoms with Crippen molar-refractivity contribution in [3.63, 3.8) is 0 Å². The molecule has 0 unspecified atom stereocenters. The lowest BCUT2D eigenvalue weighted by Gasteiger charge is -2.02. The molecule has 0 bridgehead atoms. The quantitative estimate of drug-likeness (QED) is 0.612. The second-order valence-electron chi connectivity index (χ2n) is 3.32. The number of hydrogen-bond donors (Lipinski definition) is 0. The maximum Gasteiger partial charge on any atom is 0.146 e. The van der Waals surface area contributed by atoms with E-state index in [1.165, 1.54) is 0 Å². The molecular formula is C11H12BrNO. The molecule has 3 heteroatoms. The van der Waals surface area contributed by atoms with Gasteiger partial charge < -0.3 is 0 Å². The van der Waals surface area contributed by atoms with Crippen LogP contribution in [0.5, 0.6) is 0 Å². The summed E-state index contributed by atoms with van der Waals surface area (Å²) in [4.78, 5) is 14.9. The number of aldehydes is 1. The molecule has 0 saturated carbocycles. The Morgan fingerprint density at radius 2 is 2.21 bits per heavy atom. The van der Waals surface area contributed by atoms with Crippen LogP contribution >= 0.6 is 15.9 Å². The fraction of sp³-hybridized carbons (Fsp3) is 0.273. The smallest absolute Gasteiger partial charge is 0.146 e. The van der Waals surface area contributed by atoms with Gasteiger partial charge in [-0.3, -0.25) is 9.78 Å². The Bertz CT molecular complexity index is 341. The van der Waals surface area contributed by atoms with Gasteiger partial charge >= 0.3 is 0 Å². The maximum atomic E-state index is 10.7. The van der Waals surface area contributed by atoms with E-state index in [2.05, 4.69) is 20.9 Å². The van der Waals surface area contributed by atoms with Crippen molar-refractivity contribution in [2.45, 2.75) is 13.8 Å². The number of rotatable bonds is 3. The number of nitrogens with zero attached hydrogens (tertiary/aromatic N) is 1. The number of pyridine rings is 1. The van der Waals surface area contributed by atoms with Gasteiger partial charge in [-0.15, -0.1) is 0 Å². The van der Waals surface area contributed by atoms with Crippen LogP contribution < -0.4 is 0 Å². The third-order valence-corrected chi connectivity index (χ3v) is 2.34. The highest BCUT2D eigenvalue weighted by Gasteiger charge is 2.01. The molecule has 0 aliphatic carbocycles. The van der Waals surface area contributed by atoms with E-state index < -0.39 is 0 Å². The first-order valence-electron chi connectivity index (χ1n) is 4.42. The van der Waals surface area contributed by atoms with E-state index in [1.807, 2.05) is 32.1 Å². The van der Waals surface area contributed by atoms with Gasteiger partial charge in [-0.1, -0.05) is 13.8 Å². The van der Waals surface area contributed by atoms with Gasteiger partial charge in [-0.25, -0.2) is 0 Å². The molecule has 0 aromatic carbocycles. The normalized spacial score (nSPS) is 11.9. The highest BCUT2D eigenvalue weighted by atomic mass is 79.9. The topological polar surface area (TPSA) is 30.0 Å². The SMILES string of the molecule is CC(C)/C(C=O)=C/c1ccc(Br)cn1. The van der Waals surface area contributed by atoms with E-state index in [-0.39, 0.29) is 5.92 Å². The fourth-order valence-electron chi connectivity index (χ4n) is 0.980. The summed E-state index contributed by atoms with van der Waals surface area (Å²) in [6.07, 6.45) is 4.41. The van der Waals surface area contributed by atoms with Crippen LogP contribution in [-0.2, 0) is 4.79 Å². The molecule has 2 nitrogen and oxygen atoms in total. The summed E-state index contributed by atoms with van der Waals surface area (Å²) in [5.74, 6) is 0.234. The first kappa shape index (κ1) is 11.1. The number of carbonyl (C=O) groups excluding carboxylic acids is 1. The molecule has 1 aromatic heterocycles. The monoisotopic (exact) mass is 253 g/mol. The van der Waals surface area contributed by atoms with E-state index in [1.54, 1.807) is 6.20 Å². The van der Waals surface area contributed by atoms with Crippen LogP contribution in [0.25, 0.3) is 6.08 Å². The number of allylic oxidation sites excluding steroid dienone is 1. The molecule has 0 saturated heterocycles. The second kappa shape index (κ2) is 5.05. The summed E-state index contributed by atoms with van der Waals surface area (Å²) < 4.78 is 0.937. The first-order valence-corrected chi connectivity index (χ1v) is 5.21. The van der Waals surface area contributed by atoms with Gasteiger partial charge in [-0.05, 0) is 45.6 Å². The summed E-state index contributed by atoms with van der Waals surface area (Å²) >= 11 is 3.30. The van der Waals surface area contributed by atoms with Crippen molar-refractivity contribution < 1.29 is 4.79 Å². The zero-order valence-corrected chi connectivity index (χ0v) is 9.78. The summed E-state index contributed by atoms with van der Waals surface area (Å²) in [5.41, 5.74) is 1.57. The lowest BCUT2D eigenvalue weighted by Crippen LogP contribution is -1.95. The second-order valence-corrected chi connectivity index (χ2v) is 4.23. The third-order valence-electron chi connectivity index (χ3n) is 1.87. The molecule has 0 fully saturated rings. The van der Waals surface area contributed by atoms with Crippen molar-refractivity contribution in [1.82, 2.24) is 4.98 Å². The van der Waals surface area contributed by atoms with Crippen molar-refractivity contribution >= 4 is 28.3 Å². The summed E-state index contributed by atoms with van der Waals surface area (Å²) in [6.45, 7) is 3.97. The Hall–Kier alpha value is -0.960. The minimum atomic E-state index is 0.234. The molecular weight excluding hydrogens is 242 g/mol. The standard InChI is InChI=1S/C11H12BrNO/c1-8(2)9(7-14)5-11-4-3-10(12)6-13-11/h3-8H,1-2H3/b9-5+. The predicted molar refractivity (Wildman–Crippen MR) is 60.8 cm³/mol. The van der Waals surface area contributed by atoms with E-state index >= 15 is 0 Å². The fourth-order valence-corrected chi connectivity index (χ4v) is 1.21. The average Bonchev–Trinajstić information content (AvgIpc) is 2.16. The summed E-state index contributed by atoms with van der Waals surface area (Å²) in [7, 11) is 0. The molecule has 0 amide bonds. The van der Waals surface area contributed by atoms with Gasteiger partial charge in [0.05, 0.1) is 5.69 Å². The number of halogens is 1. The molecule has 0 spiro atoms. The maximum absolute atomic E-state index is 10.7. The Kier molecular flexibility index (Phi) is 4.01. The van der Waals surface area contributed by atoms with E-state index in [9.17, 15) is 4.79 Å². The summed E-state index contributed by atoms with van der Waals surface area (Å²) in [5, 5.41) is 0. The van der Waals surface area contributed by atoms with E-state index in [4.69, 9.17) is 0 Å². The highest BCUT2D eigenvalue weighted by molar-refractivity contribution is 9.10.